The molecule has 0 aliphatic rings. The first-order chi connectivity index (χ1) is 9.54. The fourth-order valence-electron chi connectivity index (χ4n) is 2.52. The molecule has 1 nitrogen and oxygen atoms in total. The lowest BCUT2D eigenvalue weighted by Gasteiger charge is -2.21. The smallest absolute Gasteiger partial charge is 0.0676 e. The van der Waals surface area contributed by atoms with Crippen LogP contribution in [0.2, 0.25) is 0 Å². The van der Waals surface area contributed by atoms with Gasteiger partial charge < -0.3 is 5.32 Å². The molecule has 0 fully saturated rings. The third-order valence-corrected chi connectivity index (χ3v) is 5.64. The Hall–Kier alpha value is -0.640. The summed E-state index contributed by atoms with van der Waals surface area (Å²) >= 11 is 5.56. The van der Waals surface area contributed by atoms with Crippen molar-refractivity contribution >= 4 is 27.3 Å². The van der Waals surface area contributed by atoms with Crippen LogP contribution in [-0.2, 0) is 0 Å². The zero-order valence-corrected chi connectivity index (χ0v) is 15.0. The number of halogens is 1. The van der Waals surface area contributed by atoms with Crippen molar-refractivity contribution in [1.82, 2.24) is 5.32 Å². The summed E-state index contributed by atoms with van der Waals surface area (Å²) in [5.41, 5.74) is 4.09. The van der Waals surface area contributed by atoms with Crippen LogP contribution >= 0.6 is 27.3 Å². The van der Waals surface area contributed by atoms with Crippen LogP contribution in [0, 0.1) is 20.8 Å². The van der Waals surface area contributed by atoms with Crippen molar-refractivity contribution in [1.29, 1.82) is 0 Å². The highest BCUT2D eigenvalue weighted by atomic mass is 79.9. The molecule has 0 aliphatic carbocycles. The van der Waals surface area contributed by atoms with Gasteiger partial charge in [-0.05, 0) is 62.6 Å². The van der Waals surface area contributed by atoms with Crippen LogP contribution in [0.4, 0.5) is 0 Å². The van der Waals surface area contributed by atoms with Gasteiger partial charge in [-0.1, -0.05) is 35.0 Å². The molecule has 1 heterocycles. The number of hydrogen-bond donors (Lipinski definition) is 1. The van der Waals surface area contributed by atoms with Crippen molar-refractivity contribution in [3.05, 3.63) is 55.2 Å². The molecule has 1 aromatic carbocycles. The maximum absolute atomic E-state index is 3.71. The monoisotopic (exact) mass is 351 g/mol. The largest absolute Gasteiger partial charge is 0.306 e. The van der Waals surface area contributed by atoms with Gasteiger partial charge >= 0.3 is 0 Å². The van der Waals surface area contributed by atoms with Crippen LogP contribution in [0.1, 0.15) is 45.8 Å². The van der Waals surface area contributed by atoms with E-state index in [2.05, 4.69) is 73.2 Å². The van der Waals surface area contributed by atoms with Crippen molar-refractivity contribution < 1.29 is 0 Å². The Kier molecular flexibility index (Phi) is 5.42. The van der Waals surface area contributed by atoms with E-state index in [1.54, 1.807) is 0 Å². The zero-order chi connectivity index (χ0) is 14.7. The van der Waals surface area contributed by atoms with Gasteiger partial charge in [-0.25, -0.2) is 0 Å². The summed E-state index contributed by atoms with van der Waals surface area (Å²) in [6.07, 6.45) is 1.15. The standard InChI is InChI=1S/C17H22BrNS/c1-5-9-19-16(17-11(2)10-12(3)20-17)14-7-6-8-15(18)13(14)4/h6-8,10,16,19H,5,9H2,1-4H3. The van der Waals surface area contributed by atoms with Gasteiger partial charge in [0.2, 0.25) is 0 Å². The maximum Gasteiger partial charge on any atom is 0.0676 e. The van der Waals surface area contributed by atoms with Gasteiger partial charge in [0, 0.05) is 14.2 Å². The summed E-state index contributed by atoms with van der Waals surface area (Å²) in [5, 5.41) is 3.71. The molecule has 1 unspecified atom stereocenters. The maximum atomic E-state index is 3.71. The molecular formula is C17H22BrNS. The summed E-state index contributed by atoms with van der Waals surface area (Å²) in [6.45, 7) is 9.84. The first-order valence-corrected chi connectivity index (χ1v) is 8.70. The third kappa shape index (κ3) is 3.33. The second-order valence-electron chi connectivity index (χ2n) is 5.25. The zero-order valence-electron chi connectivity index (χ0n) is 12.6. The number of thiophene rings is 1. The number of hydrogen-bond acceptors (Lipinski definition) is 2. The average molecular weight is 352 g/mol. The Morgan fingerprint density at radius 1 is 1.25 bits per heavy atom. The molecule has 2 aromatic rings. The molecule has 0 bridgehead atoms. The van der Waals surface area contributed by atoms with Crippen LogP contribution in [0.15, 0.2) is 28.7 Å². The van der Waals surface area contributed by atoms with E-state index >= 15 is 0 Å². The van der Waals surface area contributed by atoms with Crippen LogP contribution in [0.5, 0.6) is 0 Å². The molecule has 1 N–H and O–H groups in total. The van der Waals surface area contributed by atoms with E-state index < -0.39 is 0 Å². The van der Waals surface area contributed by atoms with Gasteiger partial charge in [-0.2, -0.15) is 0 Å². The van der Waals surface area contributed by atoms with E-state index in [-0.39, 0.29) is 0 Å². The average Bonchev–Trinajstić information content (AvgIpc) is 2.74. The number of benzene rings is 1. The molecule has 1 aromatic heterocycles. The van der Waals surface area contributed by atoms with Gasteiger partial charge in [-0.3, -0.25) is 0 Å². The molecule has 1 atom stereocenters. The Morgan fingerprint density at radius 2 is 2.00 bits per heavy atom. The molecule has 0 amide bonds. The Morgan fingerprint density at radius 3 is 2.60 bits per heavy atom. The minimum Gasteiger partial charge on any atom is -0.306 e. The van der Waals surface area contributed by atoms with Crippen molar-refractivity contribution in [3.8, 4) is 0 Å². The van der Waals surface area contributed by atoms with E-state index in [0.29, 0.717) is 6.04 Å². The Balaban J connectivity index is 2.47. The first-order valence-electron chi connectivity index (χ1n) is 7.10. The summed E-state index contributed by atoms with van der Waals surface area (Å²) in [5.74, 6) is 0. The van der Waals surface area contributed by atoms with E-state index in [9.17, 15) is 0 Å². The molecule has 20 heavy (non-hydrogen) atoms. The summed E-state index contributed by atoms with van der Waals surface area (Å²) in [6, 6.07) is 9.06. The van der Waals surface area contributed by atoms with Crippen LogP contribution in [-0.4, -0.2) is 6.54 Å². The highest BCUT2D eigenvalue weighted by molar-refractivity contribution is 9.10. The molecule has 0 aliphatic heterocycles. The van der Waals surface area contributed by atoms with Crippen molar-refractivity contribution in [2.75, 3.05) is 6.54 Å². The number of aryl methyl sites for hydroxylation is 2. The van der Waals surface area contributed by atoms with E-state index in [4.69, 9.17) is 0 Å². The molecule has 108 valence electrons. The van der Waals surface area contributed by atoms with Gasteiger partial charge in [-0.15, -0.1) is 11.3 Å². The predicted octanol–water partition coefficient (Wildman–Crippen LogP) is 5.52. The molecular weight excluding hydrogens is 330 g/mol. The minimum atomic E-state index is 0.297. The lowest BCUT2D eigenvalue weighted by atomic mass is 9.98. The second-order valence-corrected chi connectivity index (χ2v) is 7.39. The normalized spacial score (nSPS) is 12.7. The summed E-state index contributed by atoms with van der Waals surface area (Å²) < 4.78 is 1.18. The van der Waals surface area contributed by atoms with E-state index in [0.717, 1.165) is 13.0 Å². The first kappa shape index (κ1) is 15.7. The Labute approximate surface area is 134 Å². The van der Waals surface area contributed by atoms with Crippen molar-refractivity contribution in [3.63, 3.8) is 0 Å². The topological polar surface area (TPSA) is 12.0 Å². The van der Waals surface area contributed by atoms with E-state index in [1.165, 1.54) is 30.9 Å². The fourth-order valence-corrected chi connectivity index (χ4v) is 4.03. The van der Waals surface area contributed by atoms with Crippen LogP contribution in [0.25, 0.3) is 0 Å². The highest BCUT2D eigenvalue weighted by Gasteiger charge is 2.20. The lowest BCUT2D eigenvalue weighted by molar-refractivity contribution is 0.601. The SMILES string of the molecule is CCCNC(c1cccc(Br)c1C)c1sc(C)cc1C. The molecule has 0 saturated heterocycles. The molecule has 0 spiro atoms. The molecule has 3 heteroatoms. The molecule has 0 radical (unpaired) electrons. The Bertz CT molecular complexity index is 589. The third-order valence-electron chi connectivity index (χ3n) is 3.56. The minimum absolute atomic E-state index is 0.297. The fraction of sp³-hybridized carbons (Fsp3) is 0.412. The number of rotatable bonds is 5. The van der Waals surface area contributed by atoms with Crippen LogP contribution in [0.3, 0.4) is 0 Å². The van der Waals surface area contributed by atoms with Gasteiger partial charge in [0.05, 0.1) is 6.04 Å². The second kappa shape index (κ2) is 6.88. The van der Waals surface area contributed by atoms with Crippen LogP contribution < -0.4 is 5.32 Å². The van der Waals surface area contributed by atoms with Gasteiger partial charge in [0.15, 0.2) is 0 Å². The predicted molar refractivity (Wildman–Crippen MR) is 92.8 cm³/mol. The molecule has 0 saturated carbocycles. The quantitative estimate of drug-likeness (QED) is 0.747. The highest BCUT2D eigenvalue weighted by Crippen LogP contribution is 2.35. The summed E-state index contributed by atoms with van der Waals surface area (Å²) in [4.78, 5) is 2.82. The van der Waals surface area contributed by atoms with E-state index in [1.807, 2.05) is 11.3 Å². The molecule has 2 rings (SSSR count). The van der Waals surface area contributed by atoms with Crippen molar-refractivity contribution in [2.45, 2.75) is 40.2 Å². The summed E-state index contributed by atoms with van der Waals surface area (Å²) in [7, 11) is 0. The van der Waals surface area contributed by atoms with Gasteiger partial charge in [0.1, 0.15) is 0 Å². The van der Waals surface area contributed by atoms with Gasteiger partial charge in [0.25, 0.3) is 0 Å². The number of nitrogens with one attached hydrogen (secondary N) is 1. The lowest BCUT2D eigenvalue weighted by Crippen LogP contribution is -2.23. The van der Waals surface area contributed by atoms with Crippen molar-refractivity contribution in [2.24, 2.45) is 0 Å².